The van der Waals surface area contributed by atoms with Gasteiger partial charge in [-0.25, -0.2) is 0 Å². The molecule has 1 saturated heterocycles. The summed E-state index contributed by atoms with van der Waals surface area (Å²) in [5.41, 5.74) is 0. The van der Waals surface area contributed by atoms with Gasteiger partial charge in [0.1, 0.15) is 12.7 Å². The van der Waals surface area contributed by atoms with Gasteiger partial charge in [0, 0.05) is 25.7 Å². The van der Waals surface area contributed by atoms with Crippen molar-refractivity contribution in [1.82, 2.24) is 0 Å². The maximum absolute atomic E-state index is 13.9. The number of ether oxygens (including phenoxy) is 5. The zero-order valence-electron chi connectivity index (χ0n) is 67.1. The van der Waals surface area contributed by atoms with E-state index < -0.39 is 36.4 Å². The summed E-state index contributed by atoms with van der Waals surface area (Å²) in [6, 6.07) is 0. The summed E-state index contributed by atoms with van der Waals surface area (Å²) in [6.45, 7) is 8.97. The summed E-state index contributed by atoms with van der Waals surface area (Å²) in [7, 11) is 0. The molecule has 9 nitrogen and oxygen atoms in total. The Morgan fingerprint density at radius 1 is 0.222 bits per heavy atom. The van der Waals surface area contributed by atoms with E-state index in [1.807, 2.05) is 0 Å². The van der Waals surface area contributed by atoms with Crippen LogP contribution in [0, 0.1) is 0 Å². The Kier molecular flexibility index (Phi) is 75.1. The van der Waals surface area contributed by atoms with Crippen LogP contribution in [0.1, 0.15) is 516 Å². The lowest BCUT2D eigenvalue weighted by Gasteiger charge is -2.40. The highest BCUT2D eigenvalue weighted by Gasteiger charge is 2.48. The molecule has 0 unspecified atom stereocenters. The maximum Gasteiger partial charge on any atom is 0.306 e. The minimum atomic E-state index is -1.09. The lowest BCUT2D eigenvalue weighted by atomic mass is 9.99. The zero-order chi connectivity index (χ0) is 71.3. The predicted molar refractivity (Wildman–Crippen MR) is 424 cm³/mol. The molecule has 0 aromatic carbocycles. The van der Waals surface area contributed by atoms with E-state index >= 15 is 0 Å². The number of esters is 4. The van der Waals surface area contributed by atoms with Crippen molar-refractivity contribution in [1.29, 1.82) is 0 Å². The van der Waals surface area contributed by atoms with Crippen molar-refractivity contribution in [3.8, 4) is 0 Å². The molecule has 0 spiro atoms. The van der Waals surface area contributed by atoms with Crippen molar-refractivity contribution >= 4 is 23.9 Å². The number of hydrogen-bond donors (Lipinski definition) is 0. The summed E-state index contributed by atoms with van der Waals surface area (Å²) in [4.78, 5) is 54.9. The van der Waals surface area contributed by atoms with Gasteiger partial charge in [0.05, 0.1) is 6.61 Å². The first-order chi connectivity index (χ1) is 48.9. The second-order valence-electron chi connectivity index (χ2n) is 31.5. The monoisotopic (exact) mass is 1400 g/mol. The molecule has 0 aromatic heterocycles. The smallest absolute Gasteiger partial charge is 0.306 e. The summed E-state index contributed by atoms with van der Waals surface area (Å²) in [5.74, 6) is -1.45. The van der Waals surface area contributed by atoms with E-state index in [1.165, 1.54) is 385 Å². The van der Waals surface area contributed by atoms with Gasteiger partial charge < -0.3 is 23.7 Å². The standard InChI is InChI=1S/C90H172O9/c1-5-9-13-17-21-25-29-33-37-41-45-49-53-57-61-65-69-73-77-85(91)96-81-83-89(98-87(93)79-75-71-67-63-59-55-51-47-43-39-35-31-27-23-19-15-11-7-3)90(99-88(94)80-76-72-68-64-60-56-52-48-44-40-36-32-28-24-20-16-12-8-4)84(82-95-83)97-86(92)78-74-70-66-62-58-54-50-46-42-38-34-30-26-22-18-14-10-6-2/h83-84,89-90H,5-82H2,1-4H3/t83-,84+,89-,90-/m1/s1. The number of carbonyl (C=O) groups is 4. The van der Waals surface area contributed by atoms with Crippen molar-refractivity contribution in [3.05, 3.63) is 0 Å². The van der Waals surface area contributed by atoms with Crippen molar-refractivity contribution in [2.75, 3.05) is 13.2 Å². The van der Waals surface area contributed by atoms with Crippen LogP contribution in [0.5, 0.6) is 0 Å². The SMILES string of the molecule is CCCCCCCCCCCCCCCCCCCCC(=O)OC[C@H]1OC[C@H](OC(=O)CCCCCCCCCCCCCCCCCCCC)[C@@H](OC(=O)CCCCCCCCCCCCCCCCCCCC)[C@@H]1OC(=O)CCCCCCCCCCCCCCCCCCCC. The third-order valence-corrected chi connectivity index (χ3v) is 21.7. The first-order valence-electron chi connectivity index (χ1n) is 45.2. The average molecular weight is 1400 g/mol. The molecule has 4 atom stereocenters. The second-order valence-corrected chi connectivity index (χ2v) is 31.5. The van der Waals surface area contributed by atoms with Crippen LogP contribution in [0.3, 0.4) is 0 Å². The third kappa shape index (κ3) is 67.5. The molecular formula is C90H172O9. The van der Waals surface area contributed by atoms with Crippen molar-refractivity contribution in [2.24, 2.45) is 0 Å². The van der Waals surface area contributed by atoms with Crippen molar-refractivity contribution in [2.45, 2.75) is 540 Å². The molecule has 0 bridgehead atoms. The number of carbonyl (C=O) groups excluding carboxylic acids is 4. The summed E-state index contributed by atoms with van der Waals surface area (Å²) in [5, 5.41) is 0. The molecule has 9 heteroatoms. The molecule has 0 aliphatic carbocycles. The van der Waals surface area contributed by atoms with E-state index in [9.17, 15) is 19.2 Å². The fourth-order valence-corrected chi connectivity index (χ4v) is 14.9. The van der Waals surface area contributed by atoms with Crippen LogP contribution in [0.4, 0.5) is 0 Å². The third-order valence-electron chi connectivity index (χ3n) is 21.7. The van der Waals surface area contributed by atoms with E-state index in [0.29, 0.717) is 19.3 Å². The number of rotatable bonds is 81. The first-order valence-corrected chi connectivity index (χ1v) is 45.2. The molecule has 0 amide bonds. The summed E-state index contributed by atoms with van der Waals surface area (Å²) < 4.78 is 31.1. The van der Waals surface area contributed by atoms with Gasteiger partial charge in [0.2, 0.25) is 0 Å². The molecule has 0 N–H and O–H groups in total. The molecule has 1 aliphatic heterocycles. The predicted octanol–water partition coefficient (Wildman–Crippen LogP) is 29.4. The Morgan fingerprint density at radius 2 is 0.394 bits per heavy atom. The summed E-state index contributed by atoms with van der Waals surface area (Å²) in [6.07, 6.45) is 89.0. The Labute approximate surface area is 616 Å². The molecular weight excluding hydrogens is 1220 g/mol. The van der Waals surface area contributed by atoms with Crippen LogP contribution in [-0.4, -0.2) is 61.5 Å². The molecule has 1 heterocycles. The fourth-order valence-electron chi connectivity index (χ4n) is 14.9. The highest BCUT2D eigenvalue weighted by molar-refractivity contribution is 5.72. The zero-order valence-corrected chi connectivity index (χ0v) is 67.1. The van der Waals surface area contributed by atoms with E-state index in [2.05, 4.69) is 27.7 Å². The topological polar surface area (TPSA) is 114 Å². The minimum Gasteiger partial charge on any atom is -0.463 e. The van der Waals surface area contributed by atoms with Crippen LogP contribution in [-0.2, 0) is 42.9 Å². The van der Waals surface area contributed by atoms with Gasteiger partial charge in [-0.1, -0.05) is 464 Å². The Morgan fingerprint density at radius 3 is 0.606 bits per heavy atom. The van der Waals surface area contributed by atoms with Gasteiger partial charge in [-0.05, 0) is 25.7 Å². The Hall–Kier alpha value is -2.16. The van der Waals surface area contributed by atoms with Crippen LogP contribution >= 0.6 is 0 Å². The Bertz CT molecular complexity index is 1670. The molecule has 1 aliphatic rings. The first kappa shape index (κ1) is 94.9. The summed E-state index contributed by atoms with van der Waals surface area (Å²) >= 11 is 0. The van der Waals surface area contributed by atoms with Crippen LogP contribution < -0.4 is 0 Å². The van der Waals surface area contributed by atoms with E-state index in [-0.39, 0.29) is 44.4 Å². The highest BCUT2D eigenvalue weighted by atomic mass is 16.7. The molecule has 0 saturated carbocycles. The Balaban J connectivity index is 2.84. The number of hydrogen-bond acceptors (Lipinski definition) is 9. The largest absolute Gasteiger partial charge is 0.463 e. The van der Waals surface area contributed by atoms with Crippen LogP contribution in [0.25, 0.3) is 0 Å². The van der Waals surface area contributed by atoms with Crippen LogP contribution in [0.2, 0.25) is 0 Å². The van der Waals surface area contributed by atoms with Gasteiger partial charge >= 0.3 is 23.9 Å². The van der Waals surface area contributed by atoms with Gasteiger partial charge in [-0.15, -0.1) is 0 Å². The van der Waals surface area contributed by atoms with Crippen molar-refractivity contribution in [3.63, 3.8) is 0 Å². The quantitative estimate of drug-likeness (QED) is 0.0334. The lowest BCUT2D eigenvalue weighted by molar-refractivity contribution is -0.233. The van der Waals surface area contributed by atoms with Crippen molar-refractivity contribution < 1.29 is 42.9 Å². The van der Waals surface area contributed by atoms with E-state index in [0.717, 1.165) is 64.2 Å². The van der Waals surface area contributed by atoms with Gasteiger partial charge in [-0.3, -0.25) is 19.2 Å². The molecule has 586 valence electrons. The van der Waals surface area contributed by atoms with E-state index in [4.69, 9.17) is 23.7 Å². The average Bonchev–Trinajstić information content (AvgIpc) is 0.808. The highest BCUT2D eigenvalue weighted by Crippen LogP contribution is 2.28. The molecule has 0 radical (unpaired) electrons. The van der Waals surface area contributed by atoms with Gasteiger partial charge in [-0.2, -0.15) is 0 Å². The lowest BCUT2D eigenvalue weighted by Crippen LogP contribution is -2.59. The molecule has 1 fully saturated rings. The fraction of sp³-hybridized carbons (Fsp3) is 0.956. The molecule has 1 rings (SSSR count). The second kappa shape index (κ2) is 78.4. The molecule has 99 heavy (non-hydrogen) atoms. The van der Waals surface area contributed by atoms with Crippen LogP contribution in [0.15, 0.2) is 0 Å². The minimum absolute atomic E-state index is 0.0449. The maximum atomic E-state index is 13.9. The van der Waals surface area contributed by atoms with E-state index in [1.54, 1.807) is 0 Å². The molecule has 0 aromatic rings. The van der Waals surface area contributed by atoms with Gasteiger partial charge in [0.15, 0.2) is 18.3 Å². The number of unbranched alkanes of at least 4 members (excludes halogenated alkanes) is 68. The normalized spacial score (nSPS) is 15.4. The van der Waals surface area contributed by atoms with Gasteiger partial charge in [0.25, 0.3) is 0 Å².